The molecule has 0 bridgehead atoms. The van der Waals surface area contributed by atoms with Gasteiger partial charge in [-0.05, 0) is 56.3 Å². The monoisotopic (exact) mass is 431 g/mol. The first-order valence-electron chi connectivity index (χ1n) is 10.1. The van der Waals surface area contributed by atoms with Crippen LogP contribution in [0, 0.1) is 5.92 Å². The number of halogens is 2. The second kappa shape index (κ2) is 13.4. The Morgan fingerprint density at radius 2 is 2.00 bits per heavy atom. The fraction of sp³-hybridized carbons (Fsp3) is 0.667. The summed E-state index contributed by atoms with van der Waals surface area (Å²) in [5.41, 5.74) is 2.49. The highest BCUT2D eigenvalue weighted by molar-refractivity contribution is 5.85. The van der Waals surface area contributed by atoms with Crippen LogP contribution in [-0.4, -0.2) is 49.7 Å². The van der Waals surface area contributed by atoms with E-state index in [1.54, 1.807) is 0 Å². The lowest BCUT2D eigenvalue weighted by molar-refractivity contribution is -0.121. The van der Waals surface area contributed by atoms with Crippen molar-refractivity contribution in [2.24, 2.45) is 5.92 Å². The first kappa shape index (κ1) is 25.2. The Bertz CT molecular complexity index is 583. The number of piperidine rings is 1. The molecular formula is C21H35Cl2N3O2. The summed E-state index contributed by atoms with van der Waals surface area (Å²) < 4.78 is 5.61. The lowest BCUT2D eigenvalue weighted by Crippen LogP contribution is -2.40. The number of morpholine rings is 1. The molecule has 7 heteroatoms. The molecule has 0 aromatic heterocycles. The molecule has 2 fully saturated rings. The molecule has 2 aliphatic heterocycles. The van der Waals surface area contributed by atoms with E-state index < -0.39 is 0 Å². The van der Waals surface area contributed by atoms with Gasteiger partial charge in [-0.15, -0.1) is 24.8 Å². The van der Waals surface area contributed by atoms with Crippen LogP contribution in [0.5, 0.6) is 0 Å². The van der Waals surface area contributed by atoms with Crippen LogP contribution in [0.3, 0.4) is 0 Å². The van der Waals surface area contributed by atoms with Gasteiger partial charge in [-0.3, -0.25) is 9.69 Å². The molecule has 5 nitrogen and oxygen atoms in total. The summed E-state index contributed by atoms with van der Waals surface area (Å²) in [4.78, 5) is 14.6. The van der Waals surface area contributed by atoms with Crippen molar-refractivity contribution in [2.45, 2.75) is 51.8 Å². The predicted octanol–water partition coefficient (Wildman–Crippen LogP) is 3.15. The molecule has 0 aliphatic carbocycles. The lowest BCUT2D eigenvalue weighted by Gasteiger charge is -2.31. The maximum absolute atomic E-state index is 12.1. The van der Waals surface area contributed by atoms with E-state index >= 15 is 0 Å². The van der Waals surface area contributed by atoms with Gasteiger partial charge < -0.3 is 15.4 Å². The molecule has 1 amide bonds. The average molecular weight is 432 g/mol. The maximum Gasteiger partial charge on any atom is 0.220 e. The number of carbonyl (C=O) groups excluding carboxylic acids is 1. The molecule has 2 heterocycles. The Balaban J connectivity index is 0.00000196. The van der Waals surface area contributed by atoms with Crippen molar-refractivity contribution >= 4 is 30.7 Å². The Labute approximate surface area is 181 Å². The molecule has 0 spiro atoms. The van der Waals surface area contributed by atoms with Gasteiger partial charge in [-0.1, -0.05) is 24.3 Å². The minimum Gasteiger partial charge on any atom is -0.376 e. The third-order valence-corrected chi connectivity index (χ3v) is 5.45. The van der Waals surface area contributed by atoms with Crippen molar-refractivity contribution in [2.75, 3.05) is 32.8 Å². The molecule has 2 aliphatic rings. The van der Waals surface area contributed by atoms with Crippen molar-refractivity contribution in [3.8, 4) is 0 Å². The predicted molar refractivity (Wildman–Crippen MR) is 118 cm³/mol. The van der Waals surface area contributed by atoms with Crippen LogP contribution in [0.25, 0.3) is 0 Å². The van der Waals surface area contributed by atoms with E-state index in [0.29, 0.717) is 25.0 Å². The summed E-state index contributed by atoms with van der Waals surface area (Å²) in [6, 6.07) is 8.57. The van der Waals surface area contributed by atoms with Crippen LogP contribution in [0.2, 0.25) is 0 Å². The van der Waals surface area contributed by atoms with Crippen LogP contribution in [0.4, 0.5) is 0 Å². The van der Waals surface area contributed by atoms with E-state index in [0.717, 1.165) is 45.8 Å². The van der Waals surface area contributed by atoms with Gasteiger partial charge in [0.05, 0.1) is 12.7 Å². The van der Waals surface area contributed by atoms with Crippen LogP contribution in [0.15, 0.2) is 24.3 Å². The molecule has 1 aromatic rings. The van der Waals surface area contributed by atoms with E-state index in [1.807, 2.05) is 0 Å². The second-order valence-electron chi connectivity index (χ2n) is 7.75. The van der Waals surface area contributed by atoms with Crippen LogP contribution >= 0.6 is 24.8 Å². The highest BCUT2D eigenvalue weighted by Gasteiger charge is 2.17. The molecular weight excluding hydrogens is 397 g/mol. The Morgan fingerprint density at radius 3 is 2.75 bits per heavy atom. The first-order chi connectivity index (χ1) is 12.7. The largest absolute Gasteiger partial charge is 0.376 e. The molecule has 1 aromatic carbocycles. The Kier molecular flexibility index (Phi) is 12.0. The highest BCUT2D eigenvalue weighted by Crippen LogP contribution is 2.17. The average Bonchev–Trinajstić information content (AvgIpc) is 2.66. The molecule has 2 N–H and O–H groups in total. The van der Waals surface area contributed by atoms with E-state index in [4.69, 9.17) is 4.74 Å². The highest BCUT2D eigenvalue weighted by atomic mass is 35.5. The van der Waals surface area contributed by atoms with Gasteiger partial charge in [-0.25, -0.2) is 0 Å². The zero-order chi connectivity index (χ0) is 18.2. The summed E-state index contributed by atoms with van der Waals surface area (Å²) in [6.07, 6.45) is 4.38. The van der Waals surface area contributed by atoms with Gasteiger partial charge >= 0.3 is 0 Å². The normalized spacial score (nSPS) is 20.7. The Hall–Kier alpha value is -0.850. The standard InChI is InChI=1S/C21H33N3O2.2ClH/c1-17-15-24(11-12-26-17)16-20-4-2-3-19(13-20)14-23-21(25)6-5-18-7-9-22-10-8-18;;/h2-4,13,17-18,22H,5-12,14-16H2,1H3,(H,23,25);2*1H. The van der Waals surface area contributed by atoms with E-state index in [2.05, 4.69) is 46.7 Å². The van der Waals surface area contributed by atoms with Gasteiger partial charge in [0.1, 0.15) is 0 Å². The summed E-state index contributed by atoms with van der Waals surface area (Å²) in [6.45, 7) is 8.68. The van der Waals surface area contributed by atoms with Crippen LogP contribution in [0.1, 0.15) is 43.7 Å². The zero-order valence-corrected chi connectivity index (χ0v) is 18.5. The lowest BCUT2D eigenvalue weighted by atomic mass is 9.93. The molecule has 3 rings (SSSR count). The number of benzene rings is 1. The van der Waals surface area contributed by atoms with E-state index in [1.165, 1.54) is 24.0 Å². The van der Waals surface area contributed by atoms with Crippen LogP contribution < -0.4 is 10.6 Å². The number of nitrogens with zero attached hydrogens (tertiary/aromatic N) is 1. The summed E-state index contributed by atoms with van der Waals surface area (Å²) in [5, 5.41) is 6.46. The Morgan fingerprint density at radius 1 is 1.25 bits per heavy atom. The summed E-state index contributed by atoms with van der Waals surface area (Å²) >= 11 is 0. The summed E-state index contributed by atoms with van der Waals surface area (Å²) in [5.74, 6) is 0.886. The van der Waals surface area contributed by atoms with Crippen molar-refractivity contribution in [1.82, 2.24) is 15.5 Å². The maximum atomic E-state index is 12.1. The number of rotatable bonds is 7. The number of nitrogens with one attached hydrogen (secondary N) is 2. The number of hydrogen-bond donors (Lipinski definition) is 2. The van der Waals surface area contributed by atoms with Crippen molar-refractivity contribution in [3.05, 3.63) is 35.4 Å². The second-order valence-corrected chi connectivity index (χ2v) is 7.75. The van der Waals surface area contributed by atoms with Gasteiger partial charge in [0.15, 0.2) is 0 Å². The van der Waals surface area contributed by atoms with Gasteiger partial charge in [0.25, 0.3) is 0 Å². The van der Waals surface area contributed by atoms with E-state index in [9.17, 15) is 4.79 Å². The molecule has 1 atom stereocenters. The smallest absolute Gasteiger partial charge is 0.220 e. The van der Waals surface area contributed by atoms with Crippen molar-refractivity contribution < 1.29 is 9.53 Å². The minimum atomic E-state index is 0. The van der Waals surface area contributed by atoms with Gasteiger partial charge in [0, 0.05) is 32.6 Å². The van der Waals surface area contributed by atoms with Crippen molar-refractivity contribution in [1.29, 1.82) is 0 Å². The van der Waals surface area contributed by atoms with Crippen molar-refractivity contribution in [3.63, 3.8) is 0 Å². The SMILES string of the molecule is CC1CN(Cc2cccc(CNC(=O)CCC3CCNCC3)c2)CCO1.Cl.Cl. The molecule has 160 valence electrons. The third-order valence-electron chi connectivity index (χ3n) is 5.45. The van der Waals surface area contributed by atoms with E-state index in [-0.39, 0.29) is 30.7 Å². The molecule has 0 saturated carbocycles. The quantitative estimate of drug-likeness (QED) is 0.695. The summed E-state index contributed by atoms with van der Waals surface area (Å²) in [7, 11) is 0. The van der Waals surface area contributed by atoms with Gasteiger partial charge in [0.2, 0.25) is 5.91 Å². The fourth-order valence-electron chi connectivity index (χ4n) is 3.93. The third kappa shape index (κ3) is 8.66. The molecule has 0 radical (unpaired) electrons. The molecule has 2 saturated heterocycles. The number of amides is 1. The molecule has 1 unspecified atom stereocenters. The fourth-order valence-corrected chi connectivity index (χ4v) is 3.93. The topological polar surface area (TPSA) is 53.6 Å². The first-order valence-corrected chi connectivity index (χ1v) is 10.1. The van der Waals surface area contributed by atoms with Gasteiger partial charge in [-0.2, -0.15) is 0 Å². The number of ether oxygens (including phenoxy) is 1. The minimum absolute atomic E-state index is 0. The zero-order valence-electron chi connectivity index (χ0n) is 16.8. The molecule has 28 heavy (non-hydrogen) atoms. The number of hydrogen-bond acceptors (Lipinski definition) is 4. The van der Waals surface area contributed by atoms with Crippen LogP contribution in [-0.2, 0) is 22.6 Å². The number of carbonyl (C=O) groups is 1.